The highest BCUT2D eigenvalue weighted by Crippen LogP contribution is 2.44. The van der Waals surface area contributed by atoms with Gasteiger partial charge in [-0.25, -0.2) is 9.97 Å². The maximum Gasteiger partial charge on any atom is 0.217 e. The minimum Gasteiger partial charge on any atom is -0.474 e. The molecule has 0 amide bonds. The molecule has 5 heteroatoms. The van der Waals surface area contributed by atoms with E-state index in [2.05, 4.69) is 19.9 Å². The Hall–Kier alpha value is -2.01. The van der Waals surface area contributed by atoms with Gasteiger partial charge >= 0.3 is 0 Å². The van der Waals surface area contributed by atoms with E-state index in [9.17, 15) is 0 Å². The van der Waals surface area contributed by atoms with Crippen molar-refractivity contribution in [2.24, 2.45) is 17.8 Å². The zero-order valence-electron chi connectivity index (χ0n) is 13.0. The first kappa shape index (κ1) is 13.4. The maximum absolute atomic E-state index is 6.36. The van der Waals surface area contributed by atoms with E-state index in [1.54, 1.807) is 18.7 Å². The number of rotatable bonds is 3. The summed E-state index contributed by atoms with van der Waals surface area (Å²) >= 11 is 0. The van der Waals surface area contributed by atoms with Gasteiger partial charge in [0.15, 0.2) is 0 Å². The molecule has 1 saturated carbocycles. The van der Waals surface area contributed by atoms with Gasteiger partial charge in [0, 0.05) is 55.5 Å². The minimum atomic E-state index is 0.322. The first-order valence-corrected chi connectivity index (χ1v) is 8.46. The van der Waals surface area contributed by atoms with E-state index in [4.69, 9.17) is 4.74 Å². The minimum absolute atomic E-state index is 0.322. The third-order valence-corrected chi connectivity index (χ3v) is 5.58. The quantitative estimate of drug-likeness (QED) is 0.870. The van der Waals surface area contributed by atoms with E-state index >= 15 is 0 Å². The average molecular weight is 308 g/mol. The zero-order chi connectivity index (χ0) is 15.2. The molecule has 0 N–H and O–H groups in total. The van der Waals surface area contributed by atoms with E-state index in [0.717, 1.165) is 17.2 Å². The summed E-state index contributed by atoms with van der Waals surface area (Å²) in [6.45, 7) is 3.69. The lowest BCUT2D eigenvalue weighted by molar-refractivity contribution is -0.0997. The zero-order valence-corrected chi connectivity index (χ0v) is 13.0. The highest BCUT2D eigenvalue weighted by atomic mass is 16.5. The van der Waals surface area contributed by atoms with E-state index in [-0.39, 0.29) is 0 Å². The van der Waals surface area contributed by atoms with Crippen LogP contribution in [0, 0.1) is 17.8 Å². The summed E-state index contributed by atoms with van der Waals surface area (Å²) in [7, 11) is 0. The Kier molecular flexibility index (Phi) is 3.08. The van der Waals surface area contributed by atoms with Crippen molar-refractivity contribution in [2.75, 3.05) is 19.6 Å². The molecule has 2 atom stereocenters. The van der Waals surface area contributed by atoms with Crippen LogP contribution in [0.2, 0.25) is 0 Å². The molecule has 0 unspecified atom stereocenters. The van der Waals surface area contributed by atoms with Crippen molar-refractivity contribution < 1.29 is 4.74 Å². The van der Waals surface area contributed by atoms with Crippen molar-refractivity contribution in [1.29, 1.82) is 0 Å². The van der Waals surface area contributed by atoms with Gasteiger partial charge in [-0.1, -0.05) is 0 Å². The van der Waals surface area contributed by atoms with Crippen molar-refractivity contribution >= 4 is 0 Å². The lowest BCUT2D eigenvalue weighted by Gasteiger charge is -2.55. The first-order valence-electron chi connectivity index (χ1n) is 8.46. The molecule has 4 fully saturated rings. The summed E-state index contributed by atoms with van der Waals surface area (Å²) in [5, 5.41) is 0. The Balaban J connectivity index is 1.39. The molecule has 3 saturated heterocycles. The molecule has 118 valence electrons. The van der Waals surface area contributed by atoms with Crippen LogP contribution < -0.4 is 4.74 Å². The van der Waals surface area contributed by atoms with E-state index in [1.165, 1.54) is 32.5 Å². The van der Waals surface area contributed by atoms with Gasteiger partial charge in [0.05, 0.1) is 5.69 Å². The molecule has 4 bridgehead atoms. The molecule has 23 heavy (non-hydrogen) atoms. The van der Waals surface area contributed by atoms with Gasteiger partial charge in [-0.15, -0.1) is 0 Å². The highest BCUT2D eigenvalue weighted by Gasteiger charge is 2.48. The Bertz CT molecular complexity index is 677. The fraction of sp³-hybridized carbons (Fsp3) is 0.500. The second-order valence-electron chi connectivity index (χ2n) is 7.14. The van der Waals surface area contributed by atoms with Crippen LogP contribution in [0.4, 0.5) is 0 Å². The predicted molar refractivity (Wildman–Crippen MR) is 85.8 cm³/mol. The van der Waals surface area contributed by atoms with E-state index < -0.39 is 0 Å². The number of hydrogen-bond acceptors (Lipinski definition) is 5. The van der Waals surface area contributed by atoms with Gasteiger partial charge < -0.3 is 9.64 Å². The fourth-order valence-electron chi connectivity index (χ4n) is 4.78. The Morgan fingerprint density at radius 2 is 1.78 bits per heavy atom. The largest absolute Gasteiger partial charge is 0.474 e. The Labute approximate surface area is 135 Å². The topological polar surface area (TPSA) is 51.1 Å². The fourth-order valence-corrected chi connectivity index (χ4v) is 4.78. The maximum atomic E-state index is 6.36. The third-order valence-electron chi connectivity index (χ3n) is 5.58. The molecular weight excluding hydrogens is 288 g/mol. The van der Waals surface area contributed by atoms with Gasteiger partial charge in [0.1, 0.15) is 12.4 Å². The molecule has 4 aliphatic rings. The molecule has 2 aromatic rings. The molecule has 2 aromatic heterocycles. The summed E-state index contributed by atoms with van der Waals surface area (Å²) in [6, 6.07) is 5.88. The lowest BCUT2D eigenvalue weighted by atomic mass is 9.66. The SMILES string of the molecule is c1cc(-c2cc(OC3[C@H]4CC5C[C@H]3CN(C5)C4)ncn2)ccn1. The standard InChI is InChI=1S/C18H20N4O/c1-3-19-4-2-13(1)16-7-17(21-11-20-16)23-18-14-5-12-6-15(18)10-22(8-12)9-14/h1-4,7,11-12,14-15,18H,5-6,8-10H2/t12?,14-,15-,18?/m0/s1. The number of aromatic nitrogens is 3. The molecule has 0 aromatic carbocycles. The van der Waals surface area contributed by atoms with Crippen molar-refractivity contribution in [1.82, 2.24) is 19.9 Å². The number of hydrogen-bond donors (Lipinski definition) is 0. The molecule has 5 heterocycles. The van der Waals surface area contributed by atoms with Crippen molar-refractivity contribution in [2.45, 2.75) is 18.9 Å². The van der Waals surface area contributed by atoms with Crippen LogP contribution in [0.1, 0.15) is 12.8 Å². The monoisotopic (exact) mass is 308 g/mol. The second kappa shape index (κ2) is 5.27. The summed E-state index contributed by atoms with van der Waals surface area (Å²) in [4.78, 5) is 15.4. The van der Waals surface area contributed by atoms with Crippen molar-refractivity contribution in [3.8, 4) is 17.1 Å². The van der Waals surface area contributed by atoms with Crippen LogP contribution in [-0.4, -0.2) is 45.6 Å². The normalized spacial score (nSPS) is 34.5. The van der Waals surface area contributed by atoms with Gasteiger partial charge in [-0.05, 0) is 30.9 Å². The average Bonchev–Trinajstić information content (AvgIpc) is 2.59. The first-order chi connectivity index (χ1) is 11.3. The molecule has 5 nitrogen and oxygen atoms in total. The smallest absolute Gasteiger partial charge is 0.217 e. The van der Waals surface area contributed by atoms with Crippen LogP contribution >= 0.6 is 0 Å². The Morgan fingerprint density at radius 3 is 2.52 bits per heavy atom. The lowest BCUT2D eigenvalue weighted by Crippen LogP contribution is -2.61. The number of pyridine rings is 1. The molecule has 3 aliphatic heterocycles. The molecular formula is C18H20N4O. The summed E-state index contributed by atoms with van der Waals surface area (Å²) in [5.74, 6) is 2.94. The van der Waals surface area contributed by atoms with Crippen LogP contribution in [0.3, 0.4) is 0 Å². The molecule has 0 spiro atoms. The van der Waals surface area contributed by atoms with Crippen molar-refractivity contribution in [3.63, 3.8) is 0 Å². The molecule has 0 radical (unpaired) electrons. The van der Waals surface area contributed by atoms with E-state index in [0.29, 0.717) is 23.8 Å². The molecule has 6 rings (SSSR count). The Morgan fingerprint density at radius 1 is 1.00 bits per heavy atom. The summed E-state index contributed by atoms with van der Waals surface area (Å²) in [5.41, 5.74) is 1.94. The summed E-state index contributed by atoms with van der Waals surface area (Å²) in [6.07, 6.45) is 8.13. The number of nitrogens with zero attached hydrogens (tertiary/aromatic N) is 4. The van der Waals surface area contributed by atoms with Crippen LogP contribution in [0.15, 0.2) is 36.9 Å². The highest BCUT2D eigenvalue weighted by molar-refractivity contribution is 5.58. The van der Waals surface area contributed by atoms with E-state index in [1.807, 2.05) is 18.2 Å². The third kappa shape index (κ3) is 2.39. The van der Waals surface area contributed by atoms with Gasteiger partial charge in [-0.3, -0.25) is 4.98 Å². The van der Waals surface area contributed by atoms with Crippen LogP contribution in [-0.2, 0) is 0 Å². The molecule has 1 aliphatic carbocycles. The van der Waals surface area contributed by atoms with Crippen molar-refractivity contribution in [3.05, 3.63) is 36.9 Å². The number of piperidine rings is 3. The van der Waals surface area contributed by atoms with Gasteiger partial charge in [0.2, 0.25) is 5.88 Å². The second-order valence-corrected chi connectivity index (χ2v) is 7.14. The predicted octanol–water partition coefficient (Wildman–Crippen LogP) is 2.26. The van der Waals surface area contributed by atoms with Crippen LogP contribution in [0.25, 0.3) is 11.3 Å². The van der Waals surface area contributed by atoms with Crippen LogP contribution in [0.5, 0.6) is 5.88 Å². The van der Waals surface area contributed by atoms with Gasteiger partial charge in [0.25, 0.3) is 0 Å². The van der Waals surface area contributed by atoms with Gasteiger partial charge in [-0.2, -0.15) is 0 Å². The summed E-state index contributed by atoms with van der Waals surface area (Å²) < 4.78 is 6.36. The number of ether oxygens (including phenoxy) is 1.